The number of benzene rings is 2. The third-order valence-electron chi connectivity index (χ3n) is 3.57. The molecule has 25 heavy (non-hydrogen) atoms. The van der Waals surface area contributed by atoms with Gasteiger partial charge in [0.05, 0.1) is 11.1 Å². The Balaban J connectivity index is 2.79. The van der Waals surface area contributed by atoms with Gasteiger partial charge >= 0.3 is 12.4 Å². The molecule has 0 aliphatic carbocycles. The van der Waals surface area contributed by atoms with Crippen molar-refractivity contribution in [3.05, 3.63) is 59.7 Å². The zero-order valence-corrected chi connectivity index (χ0v) is 14.7. The quantitative estimate of drug-likeness (QED) is 0.447. The molecule has 0 aliphatic rings. The molecule has 0 aliphatic heterocycles. The lowest BCUT2D eigenvalue weighted by atomic mass is 10.2. The van der Waals surface area contributed by atoms with Gasteiger partial charge in [0.15, 0.2) is 0 Å². The first-order valence-corrected chi connectivity index (χ1v) is 8.80. The zero-order valence-electron chi connectivity index (χ0n) is 13.8. The van der Waals surface area contributed by atoms with Gasteiger partial charge in [-0.15, -0.1) is 0 Å². The smallest absolute Gasteiger partial charge is 0.166 e. The summed E-state index contributed by atoms with van der Waals surface area (Å²) in [6.45, 7) is 5.00. The third kappa shape index (κ3) is 4.35. The zero-order chi connectivity index (χ0) is 19.0. The summed E-state index contributed by atoms with van der Waals surface area (Å²) in [5.41, 5.74) is -1.76. The monoisotopic (exact) mass is 378 g/mol. The van der Waals surface area contributed by atoms with E-state index in [4.69, 9.17) is 0 Å². The third-order valence-corrected chi connectivity index (χ3v) is 6.66. The molecule has 0 atom stereocenters. The maximum atomic E-state index is 13.4. The van der Waals surface area contributed by atoms with Crippen LogP contribution in [0.1, 0.15) is 31.9 Å². The number of alkyl halides is 6. The van der Waals surface area contributed by atoms with Crippen molar-refractivity contribution in [2.24, 2.45) is 0 Å². The van der Waals surface area contributed by atoms with E-state index in [9.17, 15) is 26.3 Å². The second-order valence-corrected chi connectivity index (χ2v) is 9.51. The average Bonchev–Trinajstić information content (AvgIpc) is 2.45. The lowest BCUT2D eigenvalue weighted by Crippen LogP contribution is -2.33. The molecule has 0 fully saturated rings. The Morgan fingerprint density at radius 3 is 1.20 bits per heavy atom. The Morgan fingerprint density at radius 2 is 0.920 bits per heavy atom. The molecule has 0 spiro atoms. The van der Waals surface area contributed by atoms with Crippen molar-refractivity contribution >= 4 is 18.5 Å². The van der Waals surface area contributed by atoms with Gasteiger partial charge in [-0.1, -0.05) is 57.2 Å². The van der Waals surface area contributed by atoms with Crippen molar-refractivity contribution in [2.45, 2.75) is 38.3 Å². The highest BCUT2D eigenvalue weighted by molar-refractivity contribution is 7.74. The molecule has 0 saturated heterocycles. The molecule has 0 heterocycles. The van der Waals surface area contributed by atoms with E-state index in [1.54, 1.807) is 20.8 Å². The first-order valence-electron chi connectivity index (χ1n) is 7.46. The first kappa shape index (κ1) is 19.8. The van der Waals surface area contributed by atoms with Crippen LogP contribution in [0.3, 0.4) is 0 Å². The highest BCUT2D eigenvalue weighted by Crippen LogP contribution is 2.51. The fourth-order valence-corrected chi connectivity index (χ4v) is 5.73. The standard InChI is InChI=1S/C18H17F6P/c1-16(2,3)25(14-10-6-4-8-12(14)17(19,20)21)15-11-7-5-9-13(15)18(22,23)24/h4-11H,1-3H3. The van der Waals surface area contributed by atoms with E-state index in [0.29, 0.717) is 0 Å². The van der Waals surface area contributed by atoms with Crippen LogP contribution in [0, 0.1) is 0 Å². The van der Waals surface area contributed by atoms with Crippen molar-refractivity contribution in [3.63, 3.8) is 0 Å². The summed E-state index contributed by atoms with van der Waals surface area (Å²) in [5.74, 6) is 0. The van der Waals surface area contributed by atoms with Crippen LogP contribution in [0.2, 0.25) is 0 Å². The number of rotatable bonds is 2. The van der Waals surface area contributed by atoms with Gasteiger partial charge in [-0.2, -0.15) is 26.3 Å². The van der Waals surface area contributed by atoms with Gasteiger partial charge in [0.2, 0.25) is 0 Å². The normalized spacial score (nSPS) is 13.4. The molecule has 136 valence electrons. The molecule has 0 radical (unpaired) electrons. The minimum atomic E-state index is -4.63. The maximum absolute atomic E-state index is 13.4. The Morgan fingerprint density at radius 1 is 0.600 bits per heavy atom. The van der Waals surface area contributed by atoms with Crippen molar-refractivity contribution in [2.75, 3.05) is 0 Å². The molecule has 0 unspecified atom stereocenters. The van der Waals surface area contributed by atoms with Crippen LogP contribution in [0.15, 0.2) is 48.5 Å². The highest BCUT2D eigenvalue weighted by Gasteiger charge is 2.42. The summed E-state index contributed by atoms with van der Waals surface area (Å²) in [6.07, 6.45) is -9.26. The predicted octanol–water partition coefficient (Wildman–Crippen LogP) is 5.96. The van der Waals surface area contributed by atoms with Crippen LogP contribution in [-0.4, -0.2) is 5.16 Å². The Bertz CT molecular complexity index is 683. The van der Waals surface area contributed by atoms with E-state index in [-0.39, 0.29) is 10.6 Å². The number of hydrogen-bond donors (Lipinski definition) is 0. The second-order valence-electron chi connectivity index (χ2n) is 6.54. The predicted molar refractivity (Wildman–Crippen MR) is 88.8 cm³/mol. The summed E-state index contributed by atoms with van der Waals surface area (Å²) in [6, 6.07) is 9.78. The summed E-state index contributed by atoms with van der Waals surface area (Å²) < 4.78 is 80.6. The molecule has 0 amide bonds. The molecule has 2 aromatic carbocycles. The van der Waals surface area contributed by atoms with Gasteiger partial charge in [0.25, 0.3) is 0 Å². The van der Waals surface area contributed by atoms with Crippen molar-refractivity contribution < 1.29 is 26.3 Å². The van der Waals surface area contributed by atoms with E-state index < -0.39 is 36.6 Å². The number of halogens is 6. The maximum Gasteiger partial charge on any atom is 0.417 e. The Labute approximate surface area is 143 Å². The lowest BCUT2D eigenvalue weighted by Gasteiger charge is -2.35. The van der Waals surface area contributed by atoms with E-state index in [2.05, 4.69) is 0 Å². The molecule has 7 heteroatoms. The average molecular weight is 378 g/mol. The van der Waals surface area contributed by atoms with Crippen LogP contribution in [0.4, 0.5) is 26.3 Å². The van der Waals surface area contributed by atoms with Crippen molar-refractivity contribution in [3.8, 4) is 0 Å². The highest BCUT2D eigenvalue weighted by atomic mass is 31.1. The van der Waals surface area contributed by atoms with Crippen LogP contribution >= 0.6 is 7.92 Å². The first-order chi connectivity index (χ1) is 11.3. The van der Waals surface area contributed by atoms with Gasteiger partial charge in [-0.25, -0.2) is 0 Å². The molecule has 0 nitrogen and oxygen atoms in total. The summed E-state index contributed by atoms with van der Waals surface area (Å²) >= 11 is 0. The van der Waals surface area contributed by atoms with Crippen LogP contribution < -0.4 is 10.6 Å². The molecule has 0 bridgehead atoms. The van der Waals surface area contributed by atoms with Crippen LogP contribution in [0.25, 0.3) is 0 Å². The van der Waals surface area contributed by atoms with Crippen LogP contribution in [-0.2, 0) is 12.4 Å². The minimum Gasteiger partial charge on any atom is -0.166 e. The molecule has 0 saturated carbocycles. The Kier molecular flexibility index (Phi) is 5.25. The van der Waals surface area contributed by atoms with Crippen molar-refractivity contribution in [1.29, 1.82) is 0 Å². The van der Waals surface area contributed by atoms with E-state index in [1.807, 2.05) is 0 Å². The van der Waals surface area contributed by atoms with Gasteiger partial charge < -0.3 is 0 Å². The van der Waals surface area contributed by atoms with Crippen molar-refractivity contribution in [1.82, 2.24) is 0 Å². The van der Waals surface area contributed by atoms with E-state index in [0.717, 1.165) is 12.1 Å². The van der Waals surface area contributed by atoms with E-state index >= 15 is 0 Å². The van der Waals surface area contributed by atoms with Gasteiger partial charge in [-0.05, 0) is 35.8 Å². The molecule has 0 aromatic heterocycles. The summed E-state index contributed by atoms with van der Waals surface area (Å²) in [7, 11) is -1.90. The number of hydrogen-bond acceptors (Lipinski definition) is 0. The van der Waals surface area contributed by atoms with Gasteiger partial charge in [-0.3, -0.25) is 0 Å². The molecular weight excluding hydrogens is 361 g/mol. The topological polar surface area (TPSA) is 0 Å². The lowest BCUT2D eigenvalue weighted by molar-refractivity contribution is -0.137. The fraction of sp³-hybridized carbons (Fsp3) is 0.333. The largest absolute Gasteiger partial charge is 0.417 e. The molecule has 0 N–H and O–H groups in total. The molecular formula is C18H17F6P. The fourth-order valence-electron chi connectivity index (χ4n) is 2.67. The molecule has 2 aromatic rings. The molecule has 2 rings (SSSR count). The van der Waals surface area contributed by atoms with Gasteiger partial charge in [0, 0.05) is 0 Å². The second kappa shape index (κ2) is 6.64. The Hall–Kier alpha value is -1.55. The summed E-state index contributed by atoms with van der Waals surface area (Å²) in [5, 5.41) is -0.971. The van der Waals surface area contributed by atoms with E-state index in [1.165, 1.54) is 36.4 Å². The van der Waals surface area contributed by atoms with Crippen LogP contribution in [0.5, 0.6) is 0 Å². The summed E-state index contributed by atoms with van der Waals surface area (Å²) in [4.78, 5) is 0. The minimum absolute atomic E-state index is 0.0887. The van der Waals surface area contributed by atoms with Gasteiger partial charge in [0.1, 0.15) is 0 Å². The SMILES string of the molecule is CC(C)(C)P(c1ccccc1C(F)(F)F)c1ccccc1C(F)(F)F.